The quantitative estimate of drug-likeness (QED) is 0.894. The second-order valence-electron chi connectivity index (χ2n) is 4.08. The number of aromatic nitrogens is 2. The molecule has 2 aromatic rings. The zero-order chi connectivity index (χ0) is 13.7. The summed E-state index contributed by atoms with van der Waals surface area (Å²) in [5.41, 5.74) is 1.15. The van der Waals surface area contributed by atoms with Crippen LogP contribution in [0.4, 0.5) is 5.82 Å². The molecule has 0 aliphatic carbocycles. The van der Waals surface area contributed by atoms with E-state index in [-0.39, 0.29) is 6.04 Å². The van der Waals surface area contributed by atoms with Crippen molar-refractivity contribution in [2.75, 3.05) is 19.5 Å². The molecule has 19 heavy (non-hydrogen) atoms. The molecular weight excluding hydrogens is 242 g/mol. The van der Waals surface area contributed by atoms with Crippen LogP contribution in [0.2, 0.25) is 0 Å². The van der Waals surface area contributed by atoms with Crippen molar-refractivity contribution >= 4 is 5.82 Å². The zero-order valence-corrected chi connectivity index (χ0v) is 11.3. The van der Waals surface area contributed by atoms with Crippen molar-refractivity contribution in [1.29, 1.82) is 0 Å². The second kappa shape index (κ2) is 6.04. The third-order valence-corrected chi connectivity index (χ3v) is 2.83. The number of rotatable bonds is 5. The summed E-state index contributed by atoms with van der Waals surface area (Å²) >= 11 is 0. The largest absolute Gasteiger partial charge is 0.497 e. The van der Waals surface area contributed by atoms with Crippen molar-refractivity contribution in [3.05, 3.63) is 42.2 Å². The number of nitrogens with one attached hydrogen (secondary N) is 1. The summed E-state index contributed by atoms with van der Waals surface area (Å²) < 4.78 is 10.2. The van der Waals surface area contributed by atoms with Gasteiger partial charge in [-0.2, -0.15) is 0 Å². The lowest BCUT2D eigenvalue weighted by Crippen LogP contribution is -2.08. The molecule has 5 heteroatoms. The van der Waals surface area contributed by atoms with Crippen LogP contribution in [-0.2, 0) is 0 Å². The average molecular weight is 259 g/mol. The first-order valence-corrected chi connectivity index (χ1v) is 5.99. The van der Waals surface area contributed by atoms with E-state index >= 15 is 0 Å². The maximum atomic E-state index is 5.14. The molecule has 0 spiro atoms. The number of anilines is 1. The minimum atomic E-state index is 0.130. The predicted molar refractivity (Wildman–Crippen MR) is 73.6 cm³/mol. The molecule has 0 aliphatic heterocycles. The number of hydrogen-bond acceptors (Lipinski definition) is 5. The van der Waals surface area contributed by atoms with Crippen LogP contribution in [0.3, 0.4) is 0 Å². The Morgan fingerprint density at radius 3 is 2.42 bits per heavy atom. The molecule has 1 N–H and O–H groups in total. The Labute approximate surface area is 112 Å². The van der Waals surface area contributed by atoms with Crippen molar-refractivity contribution in [1.82, 2.24) is 9.97 Å². The maximum absolute atomic E-state index is 5.14. The van der Waals surface area contributed by atoms with Gasteiger partial charge in [-0.3, -0.25) is 0 Å². The van der Waals surface area contributed by atoms with E-state index in [0.29, 0.717) is 5.88 Å². The fourth-order valence-electron chi connectivity index (χ4n) is 1.73. The topological polar surface area (TPSA) is 56.3 Å². The highest BCUT2D eigenvalue weighted by atomic mass is 16.5. The van der Waals surface area contributed by atoms with E-state index in [9.17, 15) is 0 Å². The van der Waals surface area contributed by atoms with Gasteiger partial charge in [0.05, 0.1) is 14.2 Å². The van der Waals surface area contributed by atoms with E-state index in [4.69, 9.17) is 9.47 Å². The molecule has 5 nitrogen and oxygen atoms in total. The van der Waals surface area contributed by atoms with Gasteiger partial charge in [0.25, 0.3) is 0 Å². The standard InChI is InChI=1S/C14H17N3O2/c1-10(11-4-6-12(18-2)7-5-11)17-13-8-14(19-3)16-9-15-13/h4-10H,1-3H3,(H,15,16,17). The van der Waals surface area contributed by atoms with E-state index in [1.807, 2.05) is 24.3 Å². The summed E-state index contributed by atoms with van der Waals surface area (Å²) in [5.74, 6) is 2.12. The number of ether oxygens (including phenoxy) is 2. The molecular formula is C14H17N3O2. The van der Waals surface area contributed by atoms with Crippen molar-refractivity contribution in [3.63, 3.8) is 0 Å². The fourth-order valence-corrected chi connectivity index (χ4v) is 1.73. The smallest absolute Gasteiger partial charge is 0.218 e. The summed E-state index contributed by atoms with van der Waals surface area (Å²) in [5, 5.41) is 3.30. The molecule has 0 bridgehead atoms. The predicted octanol–water partition coefficient (Wildman–Crippen LogP) is 2.67. The molecule has 1 aromatic heterocycles. The van der Waals surface area contributed by atoms with Crippen molar-refractivity contribution in [3.8, 4) is 11.6 Å². The molecule has 2 rings (SSSR count). The van der Waals surface area contributed by atoms with Crippen LogP contribution in [0.15, 0.2) is 36.7 Å². The van der Waals surface area contributed by atoms with Gasteiger partial charge in [0, 0.05) is 12.1 Å². The lowest BCUT2D eigenvalue weighted by Gasteiger charge is -2.15. The van der Waals surface area contributed by atoms with E-state index in [1.54, 1.807) is 20.3 Å². The lowest BCUT2D eigenvalue weighted by atomic mass is 10.1. The Balaban J connectivity index is 2.08. The average Bonchev–Trinajstić information content (AvgIpc) is 2.47. The van der Waals surface area contributed by atoms with Crippen molar-refractivity contribution in [2.24, 2.45) is 0 Å². The van der Waals surface area contributed by atoms with Gasteiger partial charge in [-0.25, -0.2) is 9.97 Å². The van der Waals surface area contributed by atoms with Crippen LogP contribution in [-0.4, -0.2) is 24.2 Å². The molecule has 0 saturated heterocycles. The van der Waals surface area contributed by atoms with Gasteiger partial charge in [0.2, 0.25) is 5.88 Å². The van der Waals surface area contributed by atoms with E-state index in [1.165, 1.54) is 6.33 Å². The lowest BCUT2D eigenvalue weighted by molar-refractivity contribution is 0.397. The van der Waals surface area contributed by atoms with Crippen LogP contribution in [0.5, 0.6) is 11.6 Å². The number of methoxy groups -OCH3 is 2. The Hall–Kier alpha value is -2.30. The van der Waals surface area contributed by atoms with Crippen LogP contribution >= 0.6 is 0 Å². The highest BCUT2D eigenvalue weighted by molar-refractivity contribution is 5.41. The minimum Gasteiger partial charge on any atom is -0.497 e. The molecule has 1 atom stereocenters. The van der Waals surface area contributed by atoms with Gasteiger partial charge in [-0.05, 0) is 24.6 Å². The molecule has 0 saturated carbocycles. The van der Waals surface area contributed by atoms with Gasteiger partial charge in [-0.15, -0.1) is 0 Å². The zero-order valence-electron chi connectivity index (χ0n) is 11.3. The third-order valence-electron chi connectivity index (χ3n) is 2.83. The van der Waals surface area contributed by atoms with E-state index in [0.717, 1.165) is 17.1 Å². The monoisotopic (exact) mass is 259 g/mol. The van der Waals surface area contributed by atoms with Gasteiger partial charge >= 0.3 is 0 Å². The summed E-state index contributed by atoms with van der Waals surface area (Å²) in [6, 6.07) is 9.82. The molecule has 1 unspecified atom stereocenters. The molecule has 0 radical (unpaired) electrons. The Morgan fingerprint density at radius 2 is 1.79 bits per heavy atom. The summed E-state index contributed by atoms with van der Waals surface area (Å²) in [4.78, 5) is 8.13. The SMILES string of the molecule is COc1ccc(C(C)Nc2cc(OC)ncn2)cc1. The van der Waals surface area contributed by atoms with Crippen molar-refractivity contribution in [2.45, 2.75) is 13.0 Å². The number of hydrogen-bond donors (Lipinski definition) is 1. The molecule has 1 heterocycles. The minimum absolute atomic E-state index is 0.130. The molecule has 1 aromatic carbocycles. The maximum Gasteiger partial charge on any atom is 0.218 e. The van der Waals surface area contributed by atoms with Gasteiger partial charge in [0.1, 0.15) is 17.9 Å². The van der Waals surface area contributed by atoms with Crippen molar-refractivity contribution < 1.29 is 9.47 Å². The van der Waals surface area contributed by atoms with E-state index in [2.05, 4.69) is 22.2 Å². The molecule has 0 aliphatic rings. The van der Waals surface area contributed by atoms with Gasteiger partial charge in [0.15, 0.2) is 0 Å². The van der Waals surface area contributed by atoms with Gasteiger partial charge < -0.3 is 14.8 Å². The Bertz CT molecular complexity index is 528. The van der Waals surface area contributed by atoms with E-state index < -0.39 is 0 Å². The summed E-state index contributed by atoms with van der Waals surface area (Å²) in [7, 11) is 3.24. The molecule has 100 valence electrons. The summed E-state index contributed by atoms with van der Waals surface area (Å²) in [6.07, 6.45) is 1.47. The first-order valence-electron chi connectivity index (χ1n) is 5.99. The van der Waals surface area contributed by atoms with Gasteiger partial charge in [-0.1, -0.05) is 12.1 Å². The highest BCUT2D eigenvalue weighted by Crippen LogP contribution is 2.21. The second-order valence-corrected chi connectivity index (χ2v) is 4.08. The first kappa shape index (κ1) is 13.1. The molecule has 0 fully saturated rings. The van der Waals surface area contributed by atoms with Crippen LogP contribution in [0, 0.1) is 0 Å². The third kappa shape index (κ3) is 3.34. The van der Waals surface area contributed by atoms with Crippen LogP contribution in [0.25, 0.3) is 0 Å². The molecule has 0 amide bonds. The Morgan fingerprint density at radius 1 is 1.05 bits per heavy atom. The summed E-state index contributed by atoms with van der Waals surface area (Å²) in [6.45, 7) is 2.07. The highest BCUT2D eigenvalue weighted by Gasteiger charge is 2.07. The van der Waals surface area contributed by atoms with Crippen LogP contribution < -0.4 is 14.8 Å². The number of benzene rings is 1. The number of nitrogens with zero attached hydrogens (tertiary/aromatic N) is 2. The normalized spacial score (nSPS) is 11.7. The fraction of sp³-hybridized carbons (Fsp3) is 0.286. The van der Waals surface area contributed by atoms with Crippen LogP contribution in [0.1, 0.15) is 18.5 Å². The first-order chi connectivity index (χ1) is 9.22. The Kier molecular flexibility index (Phi) is 4.18.